The number of sulfonamides is 1. The van der Waals surface area contributed by atoms with E-state index < -0.39 is 10.0 Å². The molecule has 8 heteroatoms. The fourth-order valence-corrected chi connectivity index (χ4v) is 8.87. The summed E-state index contributed by atoms with van der Waals surface area (Å²) in [6.45, 7) is 8.05. The zero-order valence-electron chi connectivity index (χ0n) is 37.8. The highest BCUT2D eigenvalue weighted by Gasteiger charge is 2.16. The number of unbranched alkanes of at least 4 members (excludes halogenated alkanes) is 30. The average Bonchev–Trinajstić information content (AvgIpc) is 3.23. The molecule has 0 heterocycles. The molecule has 4 N–H and O–H groups in total. The van der Waals surface area contributed by atoms with Crippen molar-refractivity contribution in [3.05, 3.63) is 47.5 Å². The Kier molecular flexibility index (Phi) is 31.7. The molecule has 0 aromatic heterocycles. The summed E-state index contributed by atoms with van der Waals surface area (Å²) in [5.74, 6) is 6.95. The van der Waals surface area contributed by atoms with Crippen molar-refractivity contribution < 1.29 is 17.9 Å². The van der Waals surface area contributed by atoms with Gasteiger partial charge in [-0.15, -0.1) is 0 Å². The Morgan fingerprint density at radius 3 is 1.24 bits per heavy atom. The van der Waals surface area contributed by atoms with Crippen molar-refractivity contribution in [2.45, 2.75) is 238 Å². The van der Waals surface area contributed by atoms with Gasteiger partial charge in [-0.1, -0.05) is 213 Å². The van der Waals surface area contributed by atoms with Crippen LogP contribution in [0.2, 0.25) is 0 Å². The monoisotopic (exact) mass is 828 g/mol. The molecule has 0 unspecified atom stereocenters. The minimum absolute atomic E-state index is 0.162. The lowest BCUT2D eigenvalue weighted by atomic mass is 10.0. The van der Waals surface area contributed by atoms with E-state index in [-0.39, 0.29) is 11.4 Å². The van der Waals surface area contributed by atoms with E-state index in [9.17, 15) is 8.42 Å². The van der Waals surface area contributed by atoms with E-state index in [1.807, 2.05) is 19.1 Å². The highest BCUT2D eigenvalue weighted by Crippen LogP contribution is 2.34. The molecule has 7 nitrogen and oxygen atoms in total. The predicted molar refractivity (Wildman–Crippen MR) is 250 cm³/mol. The molecular formula is C50H89N3O4S. The van der Waals surface area contributed by atoms with Crippen molar-refractivity contribution in [2.75, 3.05) is 18.6 Å². The van der Waals surface area contributed by atoms with Gasteiger partial charge in [0.2, 0.25) is 10.0 Å². The predicted octanol–water partition coefficient (Wildman–Crippen LogP) is 15.0. The standard InChI is InChI=1S/C50H89N3O4S/c1-4-6-8-10-12-14-16-18-20-22-24-26-28-30-32-34-40-56-49-43-46(44-52-58(54,55)48-38-36-47(53-51)37-39-48)42-45(3)50(49)57-41-35-33-31-29-27-25-23-21-19-17-15-13-11-9-7-5-2/h36-39,42-43,52-53H,4-35,40-41,44,51H2,1-3H3. The zero-order chi connectivity index (χ0) is 41.8. The largest absolute Gasteiger partial charge is 0.490 e. The smallest absolute Gasteiger partial charge is 0.240 e. The van der Waals surface area contributed by atoms with Crippen molar-refractivity contribution in [2.24, 2.45) is 5.84 Å². The Bertz CT molecular complexity index is 1350. The summed E-state index contributed by atoms with van der Waals surface area (Å²) >= 11 is 0. The molecule has 58 heavy (non-hydrogen) atoms. The minimum Gasteiger partial charge on any atom is -0.490 e. The van der Waals surface area contributed by atoms with E-state index >= 15 is 0 Å². The molecule has 0 fully saturated rings. The number of nitrogens with two attached hydrogens (primary N) is 1. The third-order valence-corrected chi connectivity index (χ3v) is 13.0. The number of hydrogen-bond donors (Lipinski definition) is 3. The number of anilines is 1. The normalized spacial score (nSPS) is 11.7. The molecule has 0 saturated heterocycles. The molecule has 0 aliphatic rings. The molecule has 2 aromatic rings. The first-order valence-electron chi connectivity index (χ1n) is 24.4. The zero-order valence-corrected chi connectivity index (χ0v) is 38.6. The highest BCUT2D eigenvalue weighted by atomic mass is 32.2. The van der Waals surface area contributed by atoms with Gasteiger partial charge in [-0.2, -0.15) is 0 Å². The quantitative estimate of drug-likeness (QED) is 0.0350. The molecule has 0 spiro atoms. The van der Waals surface area contributed by atoms with Crippen LogP contribution in [0.25, 0.3) is 0 Å². The van der Waals surface area contributed by atoms with Crippen LogP contribution in [0.5, 0.6) is 11.5 Å². The number of aryl methyl sites for hydroxylation is 1. The Labute approximate surface area is 358 Å². The molecule has 0 saturated carbocycles. The summed E-state index contributed by atoms with van der Waals surface area (Å²) in [7, 11) is -3.69. The molecule has 0 atom stereocenters. The van der Waals surface area contributed by atoms with Crippen molar-refractivity contribution >= 4 is 15.7 Å². The molecule has 0 aliphatic heterocycles. The van der Waals surface area contributed by atoms with Gasteiger partial charge in [-0.05, 0) is 61.2 Å². The number of nitrogen functional groups attached to an aromatic ring is 1. The molecule has 0 radical (unpaired) electrons. The van der Waals surface area contributed by atoms with Gasteiger partial charge in [0.15, 0.2) is 11.5 Å². The Hall–Kier alpha value is -2.29. The molecular weight excluding hydrogens is 739 g/mol. The van der Waals surface area contributed by atoms with Gasteiger partial charge >= 0.3 is 0 Å². The van der Waals surface area contributed by atoms with Crippen LogP contribution in [-0.4, -0.2) is 21.6 Å². The summed E-state index contributed by atoms with van der Waals surface area (Å²) in [5, 5.41) is 0. The molecule has 334 valence electrons. The van der Waals surface area contributed by atoms with Gasteiger partial charge < -0.3 is 14.9 Å². The van der Waals surface area contributed by atoms with Crippen LogP contribution in [0.3, 0.4) is 0 Å². The van der Waals surface area contributed by atoms with Gasteiger partial charge in [0.05, 0.1) is 18.1 Å². The molecule has 2 aromatic carbocycles. The number of hydrogen-bond acceptors (Lipinski definition) is 6. The van der Waals surface area contributed by atoms with Gasteiger partial charge in [0, 0.05) is 12.2 Å². The first-order valence-corrected chi connectivity index (χ1v) is 25.8. The number of nitrogens with one attached hydrogen (secondary N) is 2. The Balaban J connectivity index is 1.72. The summed E-state index contributed by atoms with van der Waals surface area (Å²) in [5.41, 5.74) is 5.00. The maximum Gasteiger partial charge on any atom is 0.240 e. The maximum atomic E-state index is 13.1. The Morgan fingerprint density at radius 2 is 0.862 bits per heavy atom. The summed E-state index contributed by atoms with van der Waals surface area (Å²) < 4.78 is 41.6. The van der Waals surface area contributed by atoms with E-state index in [4.69, 9.17) is 15.3 Å². The third kappa shape index (κ3) is 26.0. The summed E-state index contributed by atoms with van der Waals surface area (Å²) in [6, 6.07) is 10.3. The number of rotatable bonds is 41. The fraction of sp³-hybridized carbons (Fsp3) is 0.760. The van der Waals surface area contributed by atoms with Crippen LogP contribution >= 0.6 is 0 Å². The van der Waals surface area contributed by atoms with E-state index in [2.05, 4.69) is 24.0 Å². The van der Waals surface area contributed by atoms with Crippen LogP contribution < -0.4 is 25.5 Å². The van der Waals surface area contributed by atoms with Gasteiger partial charge in [0.25, 0.3) is 0 Å². The van der Waals surface area contributed by atoms with E-state index in [0.29, 0.717) is 24.7 Å². The second-order valence-electron chi connectivity index (χ2n) is 17.0. The van der Waals surface area contributed by atoms with Crippen LogP contribution in [-0.2, 0) is 16.6 Å². The Morgan fingerprint density at radius 1 is 0.500 bits per heavy atom. The van der Waals surface area contributed by atoms with E-state index in [1.165, 1.54) is 186 Å². The summed E-state index contributed by atoms with van der Waals surface area (Å²) in [6.07, 6.45) is 42.9. The molecule has 2 rings (SSSR count). The van der Waals surface area contributed by atoms with Crippen molar-refractivity contribution in [1.29, 1.82) is 0 Å². The highest BCUT2D eigenvalue weighted by molar-refractivity contribution is 7.89. The van der Waals surface area contributed by atoms with E-state index in [1.54, 1.807) is 24.3 Å². The SMILES string of the molecule is CCCCCCCCCCCCCCCCCCOc1cc(CNS(=O)(=O)c2ccc(NN)cc2)cc(C)c1OCCCCCCCCCCCCCCCCCC. The average molecular weight is 828 g/mol. The summed E-state index contributed by atoms with van der Waals surface area (Å²) in [4.78, 5) is 0.196. The third-order valence-electron chi connectivity index (χ3n) is 11.6. The molecule has 0 amide bonds. The van der Waals surface area contributed by atoms with E-state index in [0.717, 1.165) is 36.1 Å². The topological polar surface area (TPSA) is 103 Å². The van der Waals surface area contributed by atoms with Crippen LogP contribution in [0.15, 0.2) is 41.3 Å². The van der Waals surface area contributed by atoms with Crippen LogP contribution in [0, 0.1) is 6.92 Å². The molecule has 0 aliphatic carbocycles. The van der Waals surface area contributed by atoms with Gasteiger partial charge in [-0.25, -0.2) is 13.1 Å². The second kappa shape index (κ2) is 35.5. The minimum atomic E-state index is -3.69. The van der Waals surface area contributed by atoms with Crippen molar-refractivity contribution in [3.63, 3.8) is 0 Å². The number of hydrazine groups is 1. The number of ether oxygens (including phenoxy) is 2. The lowest BCUT2D eigenvalue weighted by molar-refractivity contribution is 0.256. The van der Waals surface area contributed by atoms with Crippen molar-refractivity contribution in [1.82, 2.24) is 4.72 Å². The lowest BCUT2D eigenvalue weighted by Gasteiger charge is -2.17. The lowest BCUT2D eigenvalue weighted by Crippen LogP contribution is -2.23. The first kappa shape index (κ1) is 51.8. The first-order chi connectivity index (χ1) is 28.4. The maximum absolute atomic E-state index is 13.1. The van der Waals surface area contributed by atoms with Gasteiger partial charge in [-0.3, -0.25) is 5.84 Å². The van der Waals surface area contributed by atoms with Crippen LogP contribution in [0.1, 0.15) is 230 Å². The van der Waals surface area contributed by atoms with Crippen LogP contribution in [0.4, 0.5) is 5.69 Å². The fourth-order valence-electron chi connectivity index (χ4n) is 7.86. The second-order valence-corrected chi connectivity index (χ2v) is 18.8. The molecule has 0 bridgehead atoms. The van der Waals surface area contributed by atoms with Gasteiger partial charge in [0.1, 0.15) is 0 Å². The number of benzene rings is 2. The van der Waals surface area contributed by atoms with Crippen molar-refractivity contribution in [3.8, 4) is 11.5 Å².